The van der Waals surface area contributed by atoms with Crippen molar-refractivity contribution >= 4 is 45.3 Å². The Morgan fingerprint density at radius 1 is 1.07 bits per heavy atom. The van der Waals surface area contributed by atoms with Gasteiger partial charge in [-0.05, 0) is 61.6 Å². The van der Waals surface area contributed by atoms with Gasteiger partial charge in [0.2, 0.25) is 5.91 Å². The number of rotatable bonds is 5. The van der Waals surface area contributed by atoms with Crippen LogP contribution in [0.15, 0.2) is 48.7 Å². The van der Waals surface area contributed by atoms with Gasteiger partial charge in [-0.1, -0.05) is 43.0 Å². The maximum atomic E-state index is 11.8. The van der Waals surface area contributed by atoms with Gasteiger partial charge < -0.3 is 10.2 Å². The molecule has 1 saturated heterocycles. The number of benzene rings is 2. The molecule has 0 bridgehead atoms. The highest BCUT2D eigenvalue weighted by Crippen LogP contribution is 2.36. The maximum absolute atomic E-state index is 11.8. The van der Waals surface area contributed by atoms with E-state index in [9.17, 15) is 14.3 Å². The smallest absolute Gasteiger partial charge is 0.224 e. The average Bonchev–Trinajstić information content (AvgIpc) is 3.61. The Bertz CT molecular complexity index is 1490. The molecule has 2 aliphatic carbocycles. The van der Waals surface area contributed by atoms with E-state index in [4.69, 9.17) is 16.9 Å². The fourth-order valence-electron chi connectivity index (χ4n) is 5.15. The summed E-state index contributed by atoms with van der Waals surface area (Å²) in [6.45, 7) is 1.67. The van der Waals surface area contributed by atoms with Crippen molar-refractivity contribution in [2.24, 2.45) is 5.92 Å². The molecule has 2 aromatic carbocycles. The lowest BCUT2D eigenvalue weighted by atomic mass is 9.88. The molecule has 212 valence electrons. The Labute approximate surface area is 252 Å². The fourth-order valence-corrected chi connectivity index (χ4v) is 7.34. The van der Waals surface area contributed by atoms with Crippen LogP contribution in [0.2, 0.25) is 5.02 Å². The lowest BCUT2D eigenvalue weighted by Gasteiger charge is -2.28. The number of carbonyl (C=O) groups is 1. The summed E-state index contributed by atoms with van der Waals surface area (Å²) >= 11 is 7.54. The van der Waals surface area contributed by atoms with E-state index in [2.05, 4.69) is 51.6 Å². The Balaban J connectivity index is 0.000000202. The van der Waals surface area contributed by atoms with Gasteiger partial charge in [-0.25, -0.2) is 4.98 Å². The molecule has 1 aliphatic heterocycles. The molecule has 1 aromatic heterocycles. The molecule has 41 heavy (non-hydrogen) atoms. The number of carbonyl (C=O) groups excluding carboxylic acids is 1. The van der Waals surface area contributed by atoms with Gasteiger partial charge in [0.05, 0.1) is 22.6 Å². The molecule has 3 aromatic rings. The van der Waals surface area contributed by atoms with E-state index < -0.39 is 16.3 Å². The van der Waals surface area contributed by atoms with Crippen LogP contribution in [0.1, 0.15) is 50.5 Å². The van der Waals surface area contributed by atoms with Crippen molar-refractivity contribution in [2.45, 2.75) is 50.5 Å². The Morgan fingerprint density at radius 3 is 2.41 bits per heavy atom. The number of amides is 1. The molecular weight excluding hydrogens is 574 g/mol. The third kappa shape index (κ3) is 7.35. The van der Waals surface area contributed by atoms with Gasteiger partial charge in [0.15, 0.2) is 0 Å². The van der Waals surface area contributed by atoms with Gasteiger partial charge in [-0.2, -0.15) is 10.5 Å². The Morgan fingerprint density at radius 2 is 1.78 bits per heavy atom. The van der Waals surface area contributed by atoms with Crippen LogP contribution >= 0.6 is 22.9 Å². The molecule has 2 heterocycles. The number of aromatic nitrogens is 1. The highest BCUT2D eigenvalue weighted by molar-refractivity contribution is 7.85. The van der Waals surface area contributed by atoms with E-state index in [1.807, 2.05) is 12.3 Å². The van der Waals surface area contributed by atoms with Crippen LogP contribution in [0.5, 0.6) is 0 Å². The first kappa shape index (κ1) is 29.3. The van der Waals surface area contributed by atoms with Crippen molar-refractivity contribution in [2.75, 3.05) is 29.5 Å². The van der Waals surface area contributed by atoms with E-state index in [0.717, 1.165) is 89.8 Å². The van der Waals surface area contributed by atoms with Crippen LogP contribution in [0.25, 0.3) is 21.0 Å². The minimum absolute atomic E-state index is 0.115. The van der Waals surface area contributed by atoms with Gasteiger partial charge in [0.25, 0.3) is 0 Å². The van der Waals surface area contributed by atoms with E-state index in [1.165, 1.54) is 6.42 Å². The van der Waals surface area contributed by atoms with Crippen molar-refractivity contribution < 1.29 is 9.00 Å². The molecule has 1 amide bonds. The monoisotopic (exact) mass is 605 g/mol. The van der Waals surface area contributed by atoms with Gasteiger partial charge in [0, 0.05) is 63.8 Å². The van der Waals surface area contributed by atoms with Crippen LogP contribution in [0.3, 0.4) is 0 Å². The highest BCUT2D eigenvalue weighted by Gasteiger charge is 2.45. The molecule has 3 fully saturated rings. The number of anilines is 1. The molecule has 10 heteroatoms. The predicted octanol–water partition coefficient (Wildman–Crippen LogP) is 6.31. The van der Waals surface area contributed by atoms with Gasteiger partial charge in [-0.3, -0.25) is 9.00 Å². The van der Waals surface area contributed by atoms with Crippen molar-refractivity contribution in [3.63, 3.8) is 0 Å². The SMILES string of the molecule is N#CC1(NC(=O)C2CCCCC2)CC1.N#Cc1cc(Cl)ccc1-c1ncc(-c2ccc(N3CCS(=O)CC3)cc2)s1. The van der Waals surface area contributed by atoms with E-state index in [-0.39, 0.29) is 11.8 Å². The lowest BCUT2D eigenvalue weighted by molar-refractivity contribution is -0.126. The second-order valence-corrected chi connectivity index (χ2v) is 13.9. The van der Waals surface area contributed by atoms with Crippen molar-refractivity contribution in [3.05, 3.63) is 59.2 Å². The summed E-state index contributed by atoms with van der Waals surface area (Å²) in [5.41, 5.74) is 3.10. The average molecular weight is 606 g/mol. The van der Waals surface area contributed by atoms with Crippen molar-refractivity contribution in [1.29, 1.82) is 10.5 Å². The summed E-state index contributed by atoms with van der Waals surface area (Å²) in [4.78, 5) is 19.6. The second kappa shape index (κ2) is 13.2. The number of hydrogen-bond donors (Lipinski definition) is 1. The van der Waals surface area contributed by atoms with Crippen molar-refractivity contribution in [1.82, 2.24) is 10.3 Å². The molecule has 0 radical (unpaired) electrons. The third-order valence-electron chi connectivity index (χ3n) is 7.84. The standard InChI is InChI=1S/C20H16ClN3OS2.C11H16N2O/c21-16-3-6-18(15(11-16)12-22)20-23-13-19(26-20)14-1-4-17(5-2-14)24-7-9-27(25)10-8-24;12-8-11(6-7-11)13-10(14)9-4-2-1-3-5-9/h1-6,11,13H,7-10H2;9H,1-7H2,(H,13,14). The number of halogens is 1. The predicted molar refractivity (Wildman–Crippen MR) is 165 cm³/mol. The highest BCUT2D eigenvalue weighted by atomic mass is 35.5. The minimum atomic E-state index is -0.668. The van der Waals surface area contributed by atoms with Crippen LogP contribution in [-0.2, 0) is 15.6 Å². The maximum Gasteiger partial charge on any atom is 0.224 e. The first-order valence-electron chi connectivity index (χ1n) is 14.0. The summed E-state index contributed by atoms with van der Waals surface area (Å²) in [5.74, 6) is 1.77. The van der Waals surface area contributed by atoms with E-state index in [0.29, 0.717) is 10.6 Å². The summed E-state index contributed by atoms with van der Waals surface area (Å²) in [7, 11) is -0.668. The van der Waals surface area contributed by atoms with Crippen molar-refractivity contribution in [3.8, 4) is 33.2 Å². The number of nitriles is 2. The third-order valence-corrected chi connectivity index (χ3v) is 10.4. The largest absolute Gasteiger partial charge is 0.370 e. The summed E-state index contributed by atoms with van der Waals surface area (Å²) < 4.78 is 11.5. The first-order chi connectivity index (χ1) is 19.9. The van der Waals surface area contributed by atoms with Gasteiger partial charge in [0.1, 0.15) is 10.5 Å². The summed E-state index contributed by atoms with van der Waals surface area (Å²) in [5, 5.41) is 22.4. The molecule has 6 rings (SSSR count). The molecule has 2 saturated carbocycles. The number of nitrogens with zero attached hydrogens (tertiary/aromatic N) is 4. The zero-order chi connectivity index (χ0) is 28.8. The molecule has 0 atom stereocenters. The summed E-state index contributed by atoms with van der Waals surface area (Å²) in [6.07, 6.45) is 9.11. The lowest BCUT2D eigenvalue weighted by Crippen LogP contribution is -2.40. The molecule has 0 unspecified atom stereocenters. The second-order valence-electron chi connectivity index (χ2n) is 10.7. The number of thiazole rings is 1. The number of hydrogen-bond acceptors (Lipinski definition) is 7. The molecule has 1 N–H and O–H groups in total. The quantitative estimate of drug-likeness (QED) is 0.365. The fraction of sp³-hybridized carbons (Fsp3) is 0.419. The van der Waals surface area contributed by atoms with Gasteiger partial charge in [-0.15, -0.1) is 11.3 Å². The van der Waals surface area contributed by atoms with E-state index >= 15 is 0 Å². The topological polar surface area (TPSA) is 110 Å². The normalized spacial score (nSPS) is 18.4. The Kier molecular flexibility index (Phi) is 9.39. The summed E-state index contributed by atoms with van der Waals surface area (Å²) in [6, 6.07) is 18.0. The molecule has 7 nitrogen and oxygen atoms in total. The molecular formula is C31H32ClN5O2S2. The van der Waals surface area contributed by atoms with Crippen LogP contribution in [0.4, 0.5) is 5.69 Å². The number of nitrogens with one attached hydrogen (secondary N) is 1. The molecule has 0 spiro atoms. The van der Waals surface area contributed by atoms with Crippen LogP contribution in [-0.4, -0.2) is 45.2 Å². The minimum Gasteiger partial charge on any atom is -0.370 e. The van der Waals surface area contributed by atoms with E-state index in [1.54, 1.807) is 23.5 Å². The zero-order valence-corrected chi connectivity index (χ0v) is 25.2. The van der Waals surface area contributed by atoms with Gasteiger partial charge >= 0.3 is 0 Å². The Hall–Kier alpha value is -3.24. The van der Waals surface area contributed by atoms with Crippen LogP contribution < -0.4 is 10.2 Å². The molecule has 3 aliphatic rings. The van der Waals surface area contributed by atoms with Crippen LogP contribution in [0, 0.1) is 28.6 Å². The first-order valence-corrected chi connectivity index (χ1v) is 16.7. The zero-order valence-electron chi connectivity index (χ0n) is 22.8.